The number of carbonyl (C=O) groups excluding carboxylic acids is 5. The third-order valence-electron chi connectivity index (χ3n) is 24.9. The van der Waals surface area contributed by atoms with Gasteiger partial charge in [0, 0.05) is 34.6 Å². The number of amides is 5. The number of aliphatic hydroxyl groups excluding tert-OH is 29. The molecule has 60 nitrogen and oxygen atoms in total. The lowest BCUT2D eigenvalue weighted by Crippen LogP contribution is -2.71. The van der Waals surface area contributed by atoms with Crippen molar-refractivity contribution in [2.75, 3.05) is 66.1 Å². The van der Waals surface area contributed by atoms with Gasteiger partial charge in [-0.15, -0.1) is 0 Å². The van der Waals surface area contributed by atoms with Crippen LogP contribution in [0.1, 0.15) is 41.5 Å². The summed E-state index contributed by atoms with van der Waals surface area (Å²) in [7, 11) is 0. The Morgan fingerprint density at radius 3 is 0.882 bits per heavy atom. The predicted octanol–water partition coefficient (Wildman–Crippen LogP) is -23.2. The molecule has 0 aromatic carbocycles. The van der Waals surface area contributed by atoms with E-state index in [2.05, 4.69) is 26.6 Å². The first-order valence-corrected chi connectivity index (χ1v) is 43.5. The van der Waals surface area contributed by atoms with Crippen LogP contribution in [0.15, 0.2) is 0 Å². The number of rotatable bonds is 35. The van der Waals surface area contributed by atoms with Crippen LogP contribution in [-0.2, 0) is 123 Å². The van der Waals surface area contributed by atoms with Crippen LogP contribution in [-0.4, -0.2) is 581 Å². The van der Waals surface area contributed by atoms with Gasteiger partial charge in [0.1, 0.15) is 262 Å². The fourth-order valence-corrected chi connectivity index (χ4v) is 17.7. The standard InChI is InChI=1S/C76H127N5O55/c1-17-38(95)50(107)53(110)71(118-17)116-16-32-61(47(104)33(66(115)119-32)77-18(2)90)130-69-36(80-21(5)93)48(105)59(28(12-87)125-69)132-74-57(114)63(44(101)31(128-74)15-117-75-64(52(109)42(99)26(10-85)124-75)135-68-35(79-20(4)92)46(103)40(97)24(8-83)121-68)134-76-65(55(112)60(30(14-89)127-76)129-67-34(78-19(3)91)45(102)39(96)23(7-82)120-67)136-70-37(81-22(6)94)49(106)58(29(13-88)126-70)131-73-56(113)62(43(100)27(11-86)123-73)133-72-54(111)51(108)41(98)25(9-84)122-72/h17,23-76,82-89,95-115H,7-16H2,1-6H3,(H,77,90)(H,78,91)(H,79,92)(H,80,93)(H,81,94)/t17-,23+,24+,25+,26+,27+,28+,29+,30+,31+,32+,33+,34+,35+,36+,37+,38+,39+,40+,41-,42+,43-,44+,45+,46+,47+,48+,49+,50+,51-,52-,53-,54+,55-,56+,57-,58+,59+,60+,61+,62-,63-,64-,65-,66+,67-,68-,69-,70-,71+,72+,73-,74-,75-,76+/m0/s1. The van der Waals surface area contributed by atoms with Gasteiger partial charge in [-0.2, -0.15) is 0 Å². The Bertz CT molecular complexity index is 3760. The molecule has 0 aromatic rings. The average Bonchev–Trinajstić information content (AvgIpc) is 0.755. The lowest BCUT2D eigenvalue weighted by Gasteiger charge is -2.52. The maximum atomic E-state index is 13.5. The van der Waals surface area contributed by atoms with Crippen LogP contribution in [0.5, 0.6) is 0 Å². The van der Waals surface area contributed by atoms with Crippen LogP contribution in [0.25, 0.3) is 0 Å². The van der Waals surface area contributed by atoms with Gasteiger partial charge < -0.3 is 274 Å². The smallest absolute Gasteiger partial charge is 0.217 e. The first-order chi connectivity index (χ1) is 64.3. The van der Waals surface area contributed by atoms with E-state index >= 15 is 0 Å². The summed E-state index contributed by atoms with van der Waals surface area (Å²) in [5.41, 5.74) is 0. The van der Waals surface area contributed by atoms with Crippen LogP contribution in [0.3, 0.4) is 0 Å². The van der Waals surface area contributed by atoms with E-state index in [1.807, 2.05) is 0 Å². The molecule has 786 valence electrons. The Morgan fingerprint density at radius 1 is 0.206 bits per heavy atom. The minimum atomic E-state index is -2.74. The van der Waals surface area contributed by atoms with Crippen molar-refractivity contribution < 1.29 is 272 Å². The molecule has 60 heteroatoms. The fourth-order valence-electron chi connectivity index (χ4n) is 17.7. The molecule has 5 amide bonds. The average molecular weight is 1990 g/mol. The van der Waals surface area contributed by atoms with Crippen LogP contribution in [0, 0.1) is 0 Å². The van der Waals surface area contributed by atoms with Crippen molar-refractivity contribution in [3.63, 3.8) is 0 Å². The Balaban J connectivity index is 0.972. The Labute approximate surface area is 770 Å². The molecule has 11 aliphatic heterocycles. The molecule has 11 heterocycles. The van der Waals surface area contributed by atoms with Crippen LogP contribution < -0.4 is 26.6 Å². The predicted molar refractivity (Wildman–Crippen MR) is 419 cm³/mol. The summed E-state index contributed by atoms with van der Waals surface area (Å²) in [5, 5.41) is 340. The molecule has 11 fully saturated rings. The quantitative estimate of drug-likeness (QED) is 0.0280. The van der Waals surface area contributed by atoms with Crippen LogP contribution >= 0.6 is 0 Å². The second kappa shape index (κ2) is 48.8. The minimum Gasteiger partial charge on any atom is -0.394 e. The topological polar surface area (TPSA) is 926 Å². The summed E-state index contributed by atoms with van der Waals surface area (Å²) in [5.74, 6) is -4.81. The van der Waals surface area contributed by atoms with Crippen molar-refractivity contribution in [1.29, 1.82) is 0 Å². The van der Waals surface area contributed by atoms with Crippen LogP contribution in [0.2, 0.25) is 0 Å². The number of aliphatic hydroxyl groups is 29. The Morgan fingerprint density at radius 2 is 0.463 bits per heavy atom. The molecule has 34 N–H and O–H groups in total. The number of ether oxygens (including phenoxy) is 21. The zero-order valence-electron chi connectivity index (χ0n) is 73.4. The van der Waals surface area contributed by atoms with Gasteiger partial charge >= 0.3 is 0 Å². The maximum absolute atomic E-state index is 13.5. The highest BCUT2D eigenvalue weighted by Crippen LogP contribution is 2.42. The lowest BCUT2D eigenvalue weighted by atomic mass is 9.93. The van der Waals surface area contributed by atoms with Crippen molar-refractivity contribution in [2.45, 2.75) is 379 Å². The highest BCUT2D eigenvalue weighted by Gasteiger charge is 2.63. The highest BCUT2D eigenvalue weighted by molar-refractivity contribution is 5.75. The monoisotopic (exact) mass is 1990 g/mol. The normalized spacial score (nSPS) is 49.2. The Kier molecular flexibility index (Phi) is 40.1. The molecule has 0 saturated carbocycles. The SMILES string of the molecule is CC(=O)N[C@@H]1[C@@H](O)[C@H](O[C@@H]2O[C@H](CO)[C@@H](O[C@@H]3O[C@H](CO[C@H]4O[C@H](CO)[C@@H](O)[C@H](O)[C@@H]4O[C@@H]4O[C@H](CO)[C@@H](O)[C@H](O)[C@H]4NC(C)=O)[C@@H](O)[C@H](O[C@H]4O[C@H](CO)[C@@H](O[C@@H]5O[C@H](CO)[C@@H](O)[C@H](O)[C@H]5NC(C)=O)[C@H](O)[C@@H]4O[C@@H]4O[C@H](CO)[C@@H](O[C@@H]5O[C@H](CO)[C@H](O)[C@H](O[C@H]6O[C@H](CO)[C@H](O)[C@H](O)[C@H]6O)[C@H]5O)[C@H](O)[C@H]4NC(C)=O)[C@@H]3O)[C@H](O)[C@H]2NC(C)=O)[C@@H](CO[C@@H]2O[C@@H](C)[C@@H](O)[C@@H](O)[C@@H]2O)O[C@H]1O. The van der Waals surface area contributed by atoms with Crippen molar-refractivity contribution in [2.24, 2.45) is 0 Å². The molecule has 11 saturated heterocycles. The molecule has 0 spiro atoms. The lowest BCUT2D eigenvalue weighted by molar-refractivity contribution is -0.406. The first-order valence-electron chi connectivity index (χ1n) is 43.5. The highest BCUT2D eigenvalue weighted by atomic mass is 16.8. The zero-order chi connectivity index (χ0) is 100. The molecule has 0 aromatic heterocycles. The molecule has 11 aliphatic rings. The van der Waals surface area contributed by atoms with Gasteiger partial charge in [-0.3, -0.25) is 24.0 Å². The van der Waals surface area contributed by atoms with E-state index < -0.39 is 433 Å². The van der Waals surface area contributed by atoms with E-state index in [0.717, 1.165) is 34.6 Å². The maximum Gasteiger partial charge on any atom is 0.217 e. The minimum absolute atomic E-state index is 0.859. The summed E-state index contributed by atoms with van der Waals surface area (Å²) in [4.78, 5) is 64.9. The molecule has 11 rings (SSSR count). The summed E-state index contributed by atoms with van der Waals surface area (Å²) in [6, 6.07) is -9.76. The molecule has 0 aliphatic carbocycles. The van der Waals surface area contributed by atoms with Gasteiger partial charge in [-0.05, 0) is 6.92 Å². The molecular weight excluding hydrogens is 1860 g/mol. The van der Waals surface area contributed by atoms with E-state index in [1.165, 1.54) is 6.92 Å². The largest absolute Gasteiger partial charge is 0.394 e. The number of hydrogen-bond donors (Lipinski definition) is 34. The van der Waals surface area contributed by atoms with Crippen LogP contribution in [0.4, 0.5) is 0 Å². The van der Waals surface area contributed by atoms with Crippen molar-refractivity contribution in [1.82, 2.24) is 26.6 Å². The zero-order valence-corrected chi connectivity index (χ0v) is 73.4. The van der Waals surface area contributed by atoms with Gasteiger partial charge in [0.05, 0.1) is 72.2 Å². The van der Waals surface area contributed by atoms with Crippen molar-refractivity contribution in [3.8, 4) is 0 Å². The van der Waals surface area contributed by atoms with E-state index in [0.29, 0.717) is 0 Å². The van der Waals surface area contributed by atoms with Gasteiger partial charge in [0.15, 0.2) is 69.2 Å². The number of hydrogen-bond acceptors (Lipinski definition) is 55. The molecule has 0 bridgehead atoms. The van der Waals surface area contributed by atoms with Gasteiger partial charge in [0.25, 0.3) is 0 Å². The first kappa shape index (κ1) is 112. The third kappa shape index (κ3) is 24.8. The summed E-state index contributed by atoms with van der Waals surface area (Å²) in [6.45, 7) is -5.64. The second-order valence-electron chi connectivity index (χ2n) is 34.5. The van der Waals surface area contributed by atoms with E-state index in [1.54, 1.807) is 0 Å². The number of carbonyl (C=O) groups is 5. The summed E-state index contributed by atoms with van der Waals surface area (Å²) in [6.07, 6.45) is -107. The molecule has 136 heavy (non-hydrogen) atoms. The molecule has 55 atom stereocenters. The fraction of sp³-hybridized carbons (Fsp3) is 0.934. The van der Waals surface area contributed by atoms with Crippen molar-refractivity contribution in [3.05, 3.63) is 0 Å². The van der Waals surface area contributed by atoms with E-state index in [-0.39, 0.29) is 0 Å². The molecule has 0 unspecified atom stereocenters. The summed E-state index contributed by atoms with van der Waals surface area (Å²) < 4.78 is 126. The van der Waals surface area contributed by atoms with Crippen molar-refractivity contribution >= 4 is 29.5 Å². The third-order valence-corrected chi connectivity index (χ3v) is 24.9. The second-order valence-corrected chi connectivity index (χ2v) is 34.5. The molecular formula is C76H127N5O55. The molecule has 0 radical (unpaired) electrons. The Hall–Kier alpha value is -4.65. The van der Waals surface area contributed by atoms with E-state index in [9.17, 15) is 172 Å². The summed E-state index contributed by atoms with van der Waals surface area (Å²) >= 11 is 0. The van der Waals surface area contributed by atoms with Gasteiger partial charge in [-0.25, -0.2) is 0 Å². The van der Waals surface area contributed by atoms with Gasteiger partial charge in [-0.1, -0.05) is 0 Å². The van der Waals surface area contributed by atoms with E-state index in [4.69, 9.17) is 99.5 Å². The number of nitrogens with one attached hydrogen (secondary N) is 5. The van der Waals surface area contributed by atoms with Gasteiger partial charge in [0.2, 0.25) is 29.5 Å².